The first-order chi connectivity index (χ1) is 7.11. The van der Waals surface area contributed by atoms with Crippen molar-refractivity contribution in [3.63, 3.8) is 0 Å². The van der Waals surface area contributed by atoms with Gasteiger partial charge in [0.15, 0.2) is 0 Å². The molecule has 0 aliphatic carbocycles. The molecule has 4 nitrogen and oxygen atoms in total. The quantitative estimate of drug-likeness (QED) is 0.670. The molecule has 3 N–H and O–H groups in total. The number of rotatable bonds is 0. The van der Waals surface area contributed by atoms with Gasteiger partial charge in [-0.25, -0.2) is 0 Å². The van der Waals surface area contributed by atoms with E-state index in [1.807, 2.05) is 6.92 Å². The van der Waals surface area contributed by atoms with Crippen LogP contribution >= 0.6 is 0 Å². The number of H-pyrrole nitrogens is 1. The molecule has 0 atom stereocenters. The molecule has 0 saturated heterocycles. The van der Waals surface area contributed by atoms with Gasteiger partial charge in [-0.1, -0.05) is 0 Å². The number of nitrogens with one attached hydrogen (secondary N) is 1. The summed E-state index contributed by atoms with van der Waals surface area (Å²) in [5.74, 6) is 0. The summed E-state index contributed by atoms with van der Waals surface area (Å²) in [6, 6.07) is 7.16. The zero-order chi connectivity index (χ0) is 11.0. The van der Waals surface area contributed by atoms with Gasteiger partial charge < -0.3 is 10.7 Å². The summed E-state index contributed by atoms with van der Waals surface area (Å²) in [6.45, 7) is 1.83. The Bertz CT molecular complexity index is 635. The van der Waals surface area contributed by atoms with Gasteiger partial charge in [-0.2, -0.15) is 5.26 Å². The maximum Gasteiger partial charge on any atom is 0.271 e. The van der Waals surface area contributed by atoms with E-state index in [0.717, 1.165) is 10.9 Å². The lowest BCUT2D eigenvalue weighted by molar-refractivity contribution is 1.30. The SMILES string of the molecule is Cc1cc2[nH]c(=O)c(N)cc2cc1C#N. The summed E-state index contributed by atoms with van der Waals surface area (Å²) in [6.07, 6.45) is 0. The number of pyridine rings is 1. The van der Waals surface area contributed by atoms with Gasteiger partial charge in [0.1, 0.15) is 0 Å². The van der Waals surface area contributed by atoms with E-state index in [9.17, 15) is 4.79 Å². The van der Waals surface area contributed by atoms with Crippen LogP contribution in [0.4, 0.5) is 5.69 Å². The molecule has 0 saturated carbocycles. The van der Waals surface area contributed by atoms with Crippen molar-refractivity contribution >= 4 is 16.6 Å². The largest absolute Gasteiger partial charge is 0.394 e. The molecule has 2 rings (SSSR count). The van der Waals surface area contributed by atoms with E-state index < -0.39 is 0 Å². The zero-order valence-corrected chi connectivity index (χ0v) is 8.16. The predicted octanol–water partition coefficient (Wildman–Crippen LogP) is 1.29. The number of benzene rings is 1. The zero-order valence-electron chi connectivity index (χ0n) is 8.16. The van der Waals surface area contributed by atoms with Crippen LogP contribution in [0, 0.1) is 18.3 Å². The van der Waals surface area contributed by atoms with Gasteiger partial charge in [0.05, 0.1) is 17.3 Å². The molecule has 0 aliphatic heterocycles. The molecule has 0 radical (unpaired) electrons. The normalized spacial score (nSPS) is 10.1. The van der Waals surface area contributed by atoms with Gasteiger partial charge in [-0.3, -0.25) is 4.79 Å². The Morgan fingerprint density at radius 3 is 2.80 bits per heavy atom. The highest BCUT2D eigenvalue weighted by atomic mass is 16.1. The van der Waals surface area contributed by atoms with Crippen LogP contribution in [0.5, 0.6) is 0 Å². The topological polar surface area (TPSA) is 82.7 Å². The number of hydrogen-bond donors (Lipinski definition) is 2. The molecule has 15 heavy (non-hydrogen) atoms. The number of aromatic nitrogens is 1. The Hall–Kier alpha value is -2.28. The standard InChI is InChI=1S/C11H9N3O/c1-6-2-10-7(3-8(6)5-12)4-9(13)11(15)14-10/h2-4H,13H2,1H3,(H,14,15). The highest BCUT2D eigenvalue weighted by Gasteiger charge is 2.03. The van der Waals surface area contributed by atoms with Crippen LogP contribution in [-0.4, -0.2) is 4.98 Å². The monoisotopic (exact) mass is 199 g/mol. The van der Waals surface area contributed by atoms with Crippen LogP contribution in [0.2, 0.25) is 0 Å². The average molecular weight is 199 g/mol. The van der Waals surface area contributed by atoms with Gasteiger partial charge in [0.25, 0.3) is 5.56 Å². The van der Waals surface area contributed by atoms with Crippen molar-refractivity contribution < 1.29 is 0 Å². The van der Waals surface area contributed by atoms with E-state index in [1.165, 1.54) is 0 Å². The maximum atomic E-state index is 11.3. The van der Waals surface area contributed by atoms with Gasteiger partial charge in [-0.05, 0) is 30.7 Å². The van der Waals surface area contributed by atoms with Crippen molar-refractivity contribution in [2.24, 2.45) is 0 Å². The van der Waals surface area contributed by atoms with E-state index >= 15 is 0 Å². The molecule has 2 aromatic rings. The number of anilines is 1. The smallest absolute Gasteiger partial charge is 0.271 e. The number of nitrogens with zero attached hydrogens (tertiary/aromatic N) is 1. The number of hydrogen-bond acceptors (Lipinski definition) is 3. The minimum absolute atomic E-state index is 0.162. The van der Waals surface area contributed by atoms with Crippen LogP contribution < -0.4 is 11.3 Å². The van der Waals surface area contributed by atoms with Crippen LogP contribution in [0.25, 0.3) is 10.9 Å². The van der Waals surface area contributed by atoms with Gasteiger partial charge in [0.2, 0.25) is 0 Å². The number of nitrogens with two attached hydrogens (primary N) is 1. The summed E-state index contributed by atoms with van der Waals surface area (Å²) in [5.41, 5.74) is 7.48. The highest BCUT2D eigenvalue weighted by molar-refractivity contribution is 5.83. The third-order valence-electron chi connectivity index (χ3n) is 2.34. The fraction of sp³-hybridized carbons (Fsp3) is 0.0909. The van der Waals surface area contributed by atoms with Crippen LogP contribution in [0.1, 0.15) is 11.1 Å². The second-order valence-corrected chi connectivity index (χ2v) is 3.42. The van der Waals surface area contributed by atoms with Crippen molar-refractivity contribution in [2.75, 3.05) is 5.73 Å². The van der Waals surface area contributed by atoms with Crippen molar-refractivity contribution in [1.29, 1.82) is 5.26 Å². The number of nitrogen functional groups attached to an aromatic ring is 1. The maximum absolute atomic E-state index is 11.3. The third kappa shape index (κ3) is 1.44. The van der Waals surface area contributed by atoms with Gasteiger partial charge in [-0.15, -0.1) is 0 Å². The van der Waals surface area contributed by atoms with E-state index in [-0.39, 0.29) is 11.2 Å². The first kappa shape index (κ1) is 9.28. The Labute approximate surface area is 86.0 Å². The molecule has 0 unspecified atom stereocenters. The number of aryl methyl sites for hydroxylation is 1. The third-order valence-corrected chi connectivity index (χ3v) is 2.34. The molecule has 1 aromatic carbocycles. The number of fused-ring (bicyclic) bond motifs is 1. The molecule has 4 heteroatoms. The van der Waals surface area contributed by atoms with E-state index in [2.05, 4.69) is 11.1 Å². The lowest BCUT2D eigenvalue weighted by Crippen LogP contribution is -2.11. The second-order valence-electron chi connectivity index (χ2n) is 3.42. The molecule has 1 aromatic heterocycles. The predicted molar refractivity (Wildman–Crippen MR) is 58.4 cm³/mol. The fourth-order valence-electron chi connectivity index (χ4n) is 1.50. The van der Waals surface area contributed by atoms with Gasteiger partial charge >= 0.3 is 0 Å². The van der Waals surface area contributed by atoms with Crippen molar-refractivity contribution in [3.8, 4) is 6.07 Å². The summed E-state index contributed by atoms with van der Waals surface area (Å²) < 4.78 is 0. The molecule has 0 aliphatic rings. The fourth-order valence-corrected chi connectivity index (χ4v) is 1.50. The molecule has 0 fully saturated rings. The van der Waals surface area contributed by atoms with Crippen LogP contribution in [-0.2, 0) is 0 Å². The Morgan fingerprint density at radius 2 is 2.13 bits per heavy atom. The van der Waals surface area contributed by atoms with E-state index in [1.54, 1.807) is 18.2 Å². The van der Waals surface area contributed by atoms with Crippen LogP contribution in [0.15, 0.2) is 23.0 Å². The number of nitriles is 1. The second kappa shape index (κ2) is 3.14. The Morgan fingerprint density at radius 1 is 1.40 bits per heavy atom. The average Bonchev–Trinajstić information content (AvgIpc) is 2.20. The van der Waals surface area contributed by atoms with Crippen molar-refractivity contribution in [2.45, 2.75) is 6.92 Å². The minimum atomic E-state index is -0.299. The molecule has 1 heterocycles. The minimum Gasteiger partial charge on any atom is -0.394 e. The summed E-state index contributed by atoms with van der Waals surface area (Å²) in [4.78, 5) is 13.9. The van der Waals surface area contributed by atoms with Crippen LogP contribution in [0.3, 0.4) is 0 Å². The first-order valence-electron chi connectivity index (χ1n) is 4.45. The lowest BCUT2D eigenvalue weighted by atomic mass is 10.1. The molecular formula is C11H9N3O. The molecule has 0 bridgehead atoms. The summed E-state index contributed by atoms with van der Waals surface area (Å²) in [5, 5.41) is 9.62. The number of aromatic amines is 1. The molecule has 0 amide bonds. The molecule has 0 spiro atoms. The lowest BCUT2D eigenvalue weighted by Gasteiger charge is -2.02. The molecule has 74 valence electrons. The van der Waals surface area contributed by atoms with Crippen molar-refractivity contribution in [3.05, 3.63) is 39.7 Å². The Balaban J connectivity index is 2.90. The van der Waals surface area contributed by atoms with E-state index in [0.29, 0.717) is 11.1 Å². The first-order valence-corrected chi connectivity index (χ1v) is 4.45. The summed E-state index contributed by atoms with van der Waals surface area (Å²) in [7, 11) is 0. The summed E-state index contributed by atoms with van der Waals surface area (Å²) >= 11 is 0. The Kier molecular flexibility index (Phi) is 1.94. The molecular weight excluding hydrogens is 190 g/mol. The van der Waals surface area contributed by atoms with Crippen molar-refractivity contribution in [1.82, 2.24) is 4.98 Å². The van der Waals surface area contributed by atoms with Gasteiger partial charge in [0, 0.05) is 10.9 Å². The van der Waals surface area contributed by atoms with E-state index in [4.69, 9.17) is 11.0 Å². The highest BCUT2D eigenvalue weighted by Crippen LogP contribution is 2.17.